The molecule has 24 heavy (non-hydrogen) atoms. The zero-order chi connectivity index (χ0) is 16.9. The lowest BCUT2D eigenvalue weighted by Crippen LogP contribution is -2.32. The summed E-state index contributed by atoms with van der Waals surface area (Å²) in [5, 5.41) is 2.94. The van der Waals surface area contributed by atoms with Gasteiger partial charge in [-0.05, 0) is 29.7 Å². The van der Waals surface area contributed by atoms with Crippen molar-refractivity contribution in [2.24, 2.45) is 0 Å². The average molecular weight is 327 g/mol. The highest BCUT2D eigenvalue weighted by molar-refractivity contribution is 5.97. The zero-order valence-electron chi connectivity index (χ0n) is 13.9. The summed E-state index contributed by atoms with van der Waals surface area (Å²) in [6.45, 7) is 1.09. The normalized spacial score (nSPS) is 16.2. The number of carbonyl (C=O) groups is 1. The molecule has 1 heterocycles. The van der Waals surface area contributed by atoms with Gasteiger partial charge in [0, 0.05) is 12.6 Å². The molecule has 5 nitrogen and oxygen atoms in total. The summed E-state index contributed by atoms with van der Waals surface area (Å²) in [5.41, 5.74) is 2.90. The van der Waals surface area contributed by atoms with Crippen LogP contribution in [-0.4, -0.2) is 33.3 Å². The molecule has 3 rings (SSSR count). The Hall–Kier alpha value is -2.53. The van der Waals surface area contributed by atoms with Gasteiger partial charge in [0.05, 0.1) is 26.4 Å². The van der Waals surface area contributed by atoms with Crippen LogP contribution in [0.2, 0.25) is 0 Å². The molecule has 0 radical (unpaired) electrons. The van der Waals surface area contributed by atoms with Crippen LogP contribution in [0.5, 0.6) is 11.5 Å². The van der Waals surface area contributed by atoms with Gasteiger partial charge < -0.3 is 19.5 Å². The van der Waals surface area contributed by atoms with E-state index in [0.29, 0.717) is 30.2 Å². The molecule has 2 aromatic rings. The van der Waals surface area contributed by atoms with E-state index in [0.717, 1.165) is 12.0 Å². The Labute approximate surface area is 141 Å². The van der Waals surface area contributed by atoms with Gasteiger partial charge in [0.1, 0.15) is 17.6 Å². The maximum atomic E-state index is 12.5. The molecular formula is C19H21NO4. The molecule has 1 unspecified atom stereocenters. The second-order valence-corrected chi connectivity index (χ2v) is 5.58. The lowest BCUT2D eigenvalue weighted by Gasteiger charge is -2.26. The molecule has 0 saturated carbocycles. The van der Waals surface area contributed by atoms with E-state index in [2.05, 4.69) is 17.4 Å². The Balaban J connectivity index is 1.71. The van der Waals surface area contributed by atoms with Gasteiger partial charge in [-0.2, -0.15) is 0 Å². The lowest BCUT2D eigenvalue weighted by molar-refractivity contribution is 0.0411. The molecule has 5 heteroatoms. The van der Waals surface area contributed by atoms with Crippen LogP contribution in [0.25, 0.3) is 0 Å². The van der Waals surface area contributed by atoms with Crippen molar-refractivity contribution in [1.29, 1.82) is 0 Å². The van der Waals surface area contributed by atoms with E-state index < -0.39 is 0 Å². The molecule has 0 bridgehead atoms. The number of hydrogen-bond donors (Lipinski definition) is 1. The van der Waals surface area contributed by atoms with Crippen molar-refractivity contribution in [3.05, 3.63) is 59.2 Å². The number of nitrogens with one attached hydrogen (secondary N) is 1. The molecule has 2 aromatic carbocycles. The molecule has 1 amide bonds. The van der Waals surface area contributed by atoms with E-state index in [9.17, 15) is 4.79 Å². The highest BCUT2D eigenvalue weighted by Gasteiger charge is 2.22. The van der Waals surface area contributed by atoms with Crippen LogP contribution in [-0.2, 0) is 11.2 Å². The fourth-order valence-corrected chi connectivity index (χ4v) is 2.91. The van der Waals surface area contributed by atoms with Crippen LogP contribution < -0.4 is 14.8 Å². The van der Waals surface area contributed by atoms with E-state index in [1.807, 2.05) is 12.1 Å². The van der Waals surface area contributed by atoms with E-state index in [1.165, 1.54) is 12.7 Å². The second kappa shape index (κ2) is 7.36. The van der Waals surface area contributed by atoms with E-state index >= 15 is 0 Å². The Morgan fingerprint density at radius 3 is 2.83 bits per heavy atom. The maximum Gasteiger partial charge on any atom is 0.255 e. The lowest BCUT2D eigenvalue weighted by atomic mass is 9.97. The third-order valence-electron chi connectivity index (χ3n) is 4.19. The predicted octanol–water partition coefficient (Wildman–Crippen LogP) is 2.75. The molecule has 1 atom stereocenters. The van der Waals surface area contributed by atoms with Crippen LogP contribution in [0.1, 0.15) is 27.6 Å². The standard InChI is InChI=1S/C19H21NO4/c1-22-14-7-8-16(17(11-14)23-2)19(21)20-12-18-15-6-4-3-5-13(15)9-10-24-18/h3-8,11,18H,9-10,12H2,1-2H3,(H,20,21). The van der Waals surface area contributed by atoms with Gasteiger partial charge in [0.15, 0.2) is 0 Å². The average Bonchev–Trinajstić information content (AvgIpc) is 2.65. The van der Waals surface area contributed by atoms with Crippen molar-refractivity contribution in [3.8, 4) is 11.5 Å². The summed E-state index contributed by atoms with van der Waals surface area (Å²) in [5.74, 6) is 0.936. The second-order valence-electron chi connectivity index (χ2n) is 5.58. The van der Waals surface area contributed by atoms with Crippen molar-refractivity contribution in [3.63, 3.8) is 0 Å². The highest BCUT2D eigenvalue weighted by atomic mass is 16.5. The first kappa shape index (κ1) is 16.3. The first-order valence-corrected chi connectivity index (χ1v) is 7.92. The Morgan fingerprint density at radius 1 is 1.21 bits per heavy atom. The van der Waals surface area contributed by atoms with Crippen molar-refractivity contribution >= 4 is 5.91 Å². The molecule has 0 spiro atoms. The van der Waals surface area contributed by atoms with Crippen LogP contribution >= 0.6 is 0 Å². The summed E-state index contributed by atoms with van der Waals surface area (Å²) >= 11 is 0. The number of hydrogen-bond acceptors (Lipinski definition) is 4. The van der Waals surface area contributed by atoms with Crippen molar-refractivity contribution < 1.29 is 19.0 Å². The van der Waals surface area contributed by atoms with Crippen LogP contribution in [0.4, 0.5) is 0 Å². The van der Waals surface area contributed by atoms with Gasteiger partial charge in [0.25, 0.3) is 5.91 Å². The number of amides is 1. The number of methoxy groups -OCH3 is 2. The fourth-order valence-electron chi connectivity index (χ4n) is 2.91. The monoisotopic (exact) mass is 327 g/mol. The Bertz CT molecular complexity index is 729. The van der Waals surface area contributed by atoms with Gasteiger partial charge in [-0.1, -0.05) is 24.3 Å². The Morgan fingerprint density at radius 2 is 2.04 bits per heavy atom. The van der Waals surface area contributed by atoms with Crippen LogP contribution in [0, 0.1) is 0 Å². The molecule has 0 aromatic heterocycles. The third-order valence-corrected chi connectivity index (χ3v) is 4.19. The summed E-state index contributed by atoms with van der Waals surface area (Å²) in [6.07, 6.45) is 0.788. The highest BCUT2D eigenvalue weighted by Crippen LogP contribution is 2.27. The predicted molar refractivity (Wildman–Crippen MR) is 90.7 cm³/mol. The van der Waals surface area contributed by atoms with Crippen LogP contribution in [0.15, 0.2) is 42.5 Å². The topological polar surface area (TPSA) is 56.8 Å². The summed E-state index contributed by atoms with van der Waals surface area (Å²) in [6, 6.07) is 13.3. The fraction of sp³-hybridized carbons (Fsp3) is 0.316. The molecular weight excluding hydrogens is 306 g/mol. The number of benzene rings is 2. The summed E-state index contributed by atoms with van der Waals surface area (Å²) in [7, 11) is 3.11. The smallest absolute Gasteiger partial charge is 0.255 e. The number of ether oxygens (including phenoxy) is 3. The number of carbonyl (C=O) groups excluding carboxylic acids is 1. The maximum absolute atomic E-state index is 12.5. The van der Waals surface area contributed by atoms with Gasteiger partial charge in [0.2, 0.25) is 0 Å². The van der Waals surface area contributed by atoms with E-state index in [1.54, 1.807) is 25.3 Å². The first-order valence-electron chi connectivity index (χ1n) is 7.92. The molecule has 1 aliphatic heterocycles. The van der Waals surface area contributed by atoms with Gasteiger partial charge in [-0.25, -0.2) is 0 Å². The molecule has 126 valence electrons. The van der Waals surface area contributed by atoms with Crippen LogP contribution in [0.3, 0.4) is 0 Å². The van der Waals surface area contributed by atoms with Gasteiger partial charge in [-0.3, -0.25) is 4.79 Å². The van der Waals surface area contributed by atoms with Gasteiger partial charge >= 0.3 is 0 Å². The minimum Gasteiger partial charge on any atom is -0.497 e. The Kier molecular flexibility index (Phi) is 5.01. The number of fused-ring (bicyclic) bond motifs is 1. The quantitative estimate of drug-likeness (QED) is 0.917. The van der Waals surface area contributed by atoms with E-state index in [-0.39, 0.29) is 12.0 Å². The molecule has 0 saturated heterocycles. The zero-order valence-corrected chi connectivity index (χ0v) is 13.9. The first-order chi connectivity index (χ1) is 11.7. The van der Waals surface area contributed by atoms with Crippen molar-refractivity contribution in [1.82, 2.24) is 5.32 Å². The number of rotatable bonds is 5. The molecule has 0 aliphatic carbocycles. The van der Waals surface area contributed by atoms with E-state index in [4.69, 9.17) is 14.2 Å². The van der Waals surface area contributed by atoms with Gasteiger partial charge in [-0.15, -0.1) is 0 Å². The largest absolute Gasteiger partial charge is 0.497 e. The molecule has 1 N–H and O–H groups in total. The molecule has 1 aliphatic rings. The minimum absolute atomic E-state index is 0.122. The van der Waals surface area contributed by atoms with Crippen molar-refractivity contribution in [2.75, 3.05) is 27.4 Å². The minimum atomic E-state index is -0.193. The summed E-state index contributed by atoms with van der Waals surface area (Å²) in [4.78, 5) is 12.5. The summed E-state index contributed by atoms with van der Waals surface area (Å²) < 4.78 is 16.3. The van der Waals surface area contributed by atoms with Crippen molar-refractivity contribution in [2.45, 2.75) is 12.5 Å². The SMILES string of the molecule is COc1ccc(C(=O)NCC2OCCc3ccccc32)c(OC)c1. The molecule has 0 fully saturated rings. The third kappa shape index (κ3) is 3.36.